The van der Waals surface area contributed by atoms with Crippen LogP contribution < -0.4 is 11.5 Å². The Morgan fingerprint density at radius 1 is 1.00 bits per heavy atom. The van der Waals surface area contributed by atoms with E-state index in [1.807, 2.05) is 0 Å². The maximum absolute atomic E-state index is 6.13. The average molecular weight is 257 g/mol. The minimum absolute atomic E-state index is 0.0715. The van der Waals surface area contributed by atoms with Crippen molar-refractivity contribution in [2.45, 2.75) is 77.9 Å². The molecule has 0 bridgehead atoms. The zero-order valence-corrected chi connectivity index (χ0v) is 13.6. The van der Waals surface area contributed by atoms with Crippen molar-refractivity contribution in [3.05, 3.63) is 0 Å². The summed E-state index contributed by atoms with van der Waals surface area (Å²) in [5.41, 5.74) is 12.1. The van der Waals surface area contributed by atoms with Gasteiger partial charge in [-0.15, -0.1) is 0 Å². The third-order valence-electron chi connectivity index (χ3n) is 3.51. The Kier molecular flexibility index (Phi) is 6.83. The summed E-state index contributed by atoms with van der Waals surface area (Å²) in [4.78, 5) is 2.43. The SMILES string of the molecule is CCC(CN(C)C(C)CC(C)(C)N)CC(C)(C)N. The molecule has 0 aliphatic heterocycles. The number of nitrogens with zero attached hydrogens (tertiary/aromatic N) is 1. The van der Waals surface area contributed by atoms with Crippen LogP contribution in [0.25, 0.3) is 0 Å². The van der Waals surface area contributed by atoms with Gasteiger partial charge in [0.05, 0.1) is 0 Å². The van der Waals surface area contributed by atoms with E-state index in [1.54, 1.807) is 0 Å². The van der Waals surface area contributed by atoms with E-state index in [9.17, 15) is 0 Å². The molecular weight excluding hydrogens is 222 g/mol. The van der Waals surface area contributed by atoms with Crippen molar-refractivity contribution in [1.29, 1.82) is 0 Å². The van der Waals surface area contributed by atoms with Gasteiger partial charge in [0.2, 0.25) is 0 Å². The van der Waals surface area contributed by atoms with Crippen LogP contribution in [0.3, 0.4) is 0 Å². The molecule has 0 aromatic carbocycles. The molecule has 0 amide bonds. The zero-order valence-electron chi connectivity index (χ0n) is 13.6. The first kappa shape index (κ1) is 17.9. The summed E-state index contributed by atoms with van der Waals surface area (Å²) < 4.78 is 0. The maximum Gasteiger partial charge on any atom is 0.0112 e. The lowest BCUT2D eigenvalue weighted by atomic mass is 9.88. The predicted octanol–water partition coefficient (Wildman–Crippen LogP) is 2.59. The maximum atomic E-state index is 6.13. The standard InChI is InChI=1S/C15H35N3/c1-8-13(10-15(5,6)17)11-18(7)12(2)9-14(3,4)16/h12-13H,8-11,16-17H2,1-7H3. The van der Waals surface area contributed by atoms with Crippen molar-refractivity contribution in [2.75, 3.05) is 13.6 Å². The van der Waals surface area contributed by atoms with Gasteiger partial charge in [0.25, 0.3) is 0 Å². The Morgan fingerprint density at radius 3 is 1.78 bits per heavy atom. The van der Waals surface area contributed by atoms with Gasteiger partial charge in [0, 0.05) is 23.7 Å². The van der Waals surface area contributed by atoms with Crippen LogP contribution in [-0.2, 0) is 0 Å². The summed E-state index contributed by atoms with van der Waals surface area (Å²) in [7, 11) is 2.20. The van der Waals surface area contributed by atoms with E-state index in [-0.39, 0.29) is 11.1 Å². The fraction of sp³-hybridized carbons (Fsp3) is 1.00. The summed E-state index contributed by atoms with van der Waals surface area (Å²) in [6, 6.07) is 0.514. The second-order valence-electron chi connectivity index (χ2n) is 7.45. The van der Waals surface area contributed by atoms with Crippen LogP contribution in [0.1, 0.15) is 60.8 Å². The number of nitrogens with two attached hydrogens (primary N) is 2. The largest absolute Gasteiger partial charge is 0.326 e. The van der Waals surface area contributed by atoms with Gasteiger partial charge in [-0.1, -0.05) is 13.3 Å². The summed E-state index contributed by atoms with van der Waals surface area (Å²) in [6.07, 6.45) is 3.28. The van der Waals surface area contributed by atoms with E-state index < -0.39 is 0 Å². The topological polar surface area (TPSA) is 55.3 Å². The lowest BCUT2D eigenvalue weighted by molar-refractivity contribution is 0.171. The summed E-state index contributed by atoms with van der Waals surface area (Å²) >= 11 is 0. The smallest absolute Gasteiger partial charge is 0.0112 e. The van der Waals surface area contributed by atoms with Gasteiger partial charge in [-0.25, -0.2) is 0 Å². The molecule has 0 aromatic heterocycles. The highest BCUT2D eigenvalue weighted by Gasteiger charge is 2.23. The summed E-state index contributed by atoms with van der Waals surface area (Å²) in [6.45, 7) is 14.0. The van der Waals surface area contributed by atoms with E-state index in [0.29, 0.717) is 12.0 Å². The molecule has 0 aromatic rings. The minimum Gasteiger partial charge on any atom is -0.326 e. The van der Waals surface area contributed by atoms with E-state index in [1.165, 1.54) is 6.42 Å². The van der Waals surface area contributed by atoms with Crippen LogP contribution >= 0.6 is 0 Å². The molecular formula is C15H35N3. The van der Waals surface area contributed by atoms with Crippen molar-refractivity contribution < 1.29 is 0 Å². The van der Waals surface area contributed by atoms with Crippen LogP contribution in [-0.4, -0.2) is 35.6 Å². The molecule has 3 nitrogen and oxygen atoms in total. The quantitative estimate of drug-likeness (QED) is 0.703. The van der Waals surface area contributed by atoms with Crippen LogP contribution in [0.15, 0.2) is 0 Å². The molecule has 0 heterocycles. The van der Waals surface area contributed by atoms with Gasteiger partial charge in [-0.05, 0) is 60.4 Å². The number of rotatable bonds is 8. The Hall–Kier alpha value is -0.120. The van der Waals surface area contributed by atoms with Crippen LogP contribution in [0.5, 0.6) is 0 Å². The van der Waals surface area contributed by atoms with Crippen molar-refractivity contribution in [2.24, 2.45) is 17.4 Å². The fourth-order valence-electron chi connectivity index (χ4n) is 2.59. The van der Waals surface area contributed by atoms with Crippen molar-refractivity contribution in [3.63, 3.8) is 0 Å². The van der Waals surface area contributed by atoms with E-state index in [4.69, 9.17) is 11.5 Å². The molecule has 0 fully saturated rings. The second-order valence-corrected chi connectivity index (χ2v) is 7.45. The van der Waals surface area contributed by atoms with Crippen molar-refractivity contribution >= 4 is 0 Å². The third kappa shape index (κ3) is 8.90. The van der Waals surface area contributed by atoms with Gasteiger partial charge in [0.1, 0.15) is 0 Å². The highest BCUT2D eigenvalue weighted by molar-refractivity contribution is 4.82. The molecule has 3 heteroatoms. The summed E-state index contributed by atoms with van der Waals surface area (Å²) in [5, 5.41) is 0. The predicted molar refractivity (Wildman–Crippen MR) is 81.6 cm³/mol. The second kappa shape index (κ2) is 6.88. The Bertz CT molecular complexity index is 225. The van der Waals surface area contributed by atoms with Crippen LogP contribution in [0, 0.1) is 5.92 Å². The van der Waals surface area contributed by atoms with Gasteiger partial charge < -0.3 is 16.4 Å². The molecule has 0 rings (SSSR count). The van der Waals surface area contributed by atoms with E-state index in [2.05, 4.69) is 53.5 Å². The third-order valence-corrected chi connectivity index (χ3v) is 3.51. The zero-order chi connectivity index (χ0) is 14.6. The first-order valence-corrected chi connectivity index (χ1v) is 7.22. The highest BCUT2D eigenvalue weighted by Crippen LogP contribution is 2.20. The fourth-order valence-corrected chi connectivity index (χ4v) is 2.59. The first-order valence-electron chi connectivity index (χ1n) is 7.22. The molecule has 0 radical (unpaired) electrons. The number of hydrogen-bond acceptors (Lipinski definition) is 3. The molecule has 0 saturated carbocycles. The lowest BCUT2D eigenvalue weighted by Gasteiger charge is -2.34. The monoisotopic (exact) mass is 257 g/mol. The van der Waals surface area contributed by atoms with Gasteiger partial charge in [-0.2, -0.15) is 0 Å². The minimum atomic E-state index is -0.0947. The lowest BCUT2D eigenvalue weighted by Crippen LogP contribution is -2.44. The normalized spacial score (nSPS) is 17.0. The van der Waals surface area contributed by atoms with E-state index in [0.717, 1.165) is 19.4 Å². The van der Waals surface area contributed by atoms with Crippen molar-refractivity contribution in [1.82, 2.24) is 4.90 Å². The summed E-state index contributed by atoms with van der Waals surface area (Å²) in [5.74, 6) is 0.665. The molecule has 0 saturated heterocycles. The molecule has 0 aliphatic rings. The Labute approximate surface area is 114 Å². The molecule has 0 spiro atoms. The van der Waals surface area contributed by atoms with Gasteiger partial charge >= 0.3 is 0 Å². The van der Waals surface area contributed by atoms with E-state index >= 15 is 0 Å². The molecule has 2 unspecified atom stereocenters. The average Bonchev–Trinajstić information content (AvgIpc) is 2.11. The van der Waals surface area contributed by atoms with Gasteiger partial charge in [0.15, 0.2) is 0 Å². The molecule has 0 aliphatic carbocycles. The number of hydrogen-bond donors (Lipinski definition) is 2. The molecule has 18 heavy (non-hydrogen) atoms. The first-order chi connectivity index (χ1) is 7.94. The molecule has 2 atom stereocenters. The van der Waals surface area contributed by atoms with Crippen LogP contribution in [0.2, 0.25) is 0 Å². The molecule has 4 N–H and O–H groups in total. The van der Waals surface area contributed by atoms with Crippen LogP contribution in [0.4, 0.5) is 0 Å². The Morgan fingerprint density at radius 2 is 1.44 bits per heavy atom. The van der Waals surface area contributed by atoms with Gasteiger partial charge in [-0.3, -0.25) is 0 Å². The Balaban J connectivity index is 4.30. The molecule has 110 valence electrons. The van der Waals surface area contributed by atoms with Crippen molar-refractivity contribution in [3.8, 4) is 0 Å². The highest BCUT2D eigenvalue weighted by atomic mass is 15.1.